The van der Waals surface area contributed by atoms with E-state index in [0.717, 1.165) is 22.1 Å². The molecule has 3 aromatic carbocycles. The molecule has 0 saturated heterocycles. The highest BCUT2D eigenvalue weighted by Crippen LogP contribution is 2.26. The summed E-state index contributed by atoms with van der Waals surface area (Å²) in [5.74, 6) is 0.554. The Balaban J connectivity index is 1.83. The van der Waals surface area contributed by atoms with Crippen molar-refractivity contribution >= 4 is 10.8 Å². The van der Waals surface area contributed by atoms with Crippen LogP contribution in [0.15, 0.2) is 60.7 Å². The van der Waals surface area contributed by atoms with E-state index in [1.165, 1.54) is 6.07 Å². The normalized spacial score (nSPS) is 10.8. The van der Waals surface area contributed by atoms with Gasteiger partial charge < -0.3 is 10.5 Å². The van der Waals surface area contributed by atoms with Crippen LogP contribution in [0.25, 0.3) is 10.8 Å². The van der Waals surface area contributed by atoms with Crippen LogP contribution in [0.2, 0.25) is 0 Å². The van der Waals surface area contributed by atoms with Crippen LogP contribution in [0, 0.1) is 5.82 Å². The van der Waals surface area contributed by atoms with Crippen molar-refractivity contribution in [2.45, 2.75) is 13.2 Å². The van der Waals surface area contributed by atoms with Gasteiger partial charge in [0.25, 0.3) is 0 Å². The van der Waals surface area contributed by atoms with Gasteiger partial charge >= 0.3 is 0 Å². The molecule has 0 aromatic heterocycles. The molecule has 2 N–H and O–H groups in total. The zero-order valence-corrected chi connectivity index (χ0v) is 11.6. The predicted molar refractivity (Wildman–Crippen MR) is 82.6 cm³/mol. The first-order valence-electron chi connectivity index (χ1n) is 6.86. The molecule has 0 saturated carbocycles. The topological polar surface area (TPSA) is 35.2 Å². The summed E-state index contributed by atoms with van der Waals surface area (Å²) >= 11 is 0. The zero-order chi connectivity index (χ0) is 14.7. The first-order valence-corrected chi connectivity index (χ1v) is 6.86. The summed E-state index contributed by atoms with van der Waals surface area (Å²) in [6, 6.07) is 18.9. The summed E-state index contributed by atoms with van der Waals surface area (Å²) in [6.45, 7) is 0.579. The van der Waals surface area contributed by atoms with Crippen LogP contribution < -0.4 is 10.5 Å². The minimum absolute atomic E-state index is 0.188. The second-order valence-electron chi connectivity index (χ2n) is 4.90. The lowest BCUT2D eigenvalue weighted by Gasteiger charge is -2.10. The van der Waals surface area contributed by atoms with Crippen LogP contribution >= 0.6 is 0 Å². The molecule has 2 nitrogen and oxygen atoms in total. The number of nitrogens with two attached hydrogens (primary N) is 1. The molecular formula is C18H16FNO. The third kappa shape index (κ3) is 2.88. The van der Waals surface area contributed by atoms with Gasteiger partial charge in [0.1, 0.15) is 18.2 Å². The van der Waals surface area contributed by atoms with E-state index in [9.17, 15) is 4.39 Å². The highest BCUT2D eigenvalue weighted by atomic mass is 19.1. The number of hydrogen-bond donors (Lipinski definition) is 1. The van der Waals surface area contributed by atoms with Gasteiger partial charge in [0.15, 0.2) is 0 Å². The van der Waals surface area contributed by atoms with E-state index in [4.69, 9.17) is 10.5 Å². The third-order valence-electron chi connectivity index (χ3n) is 3.47. The molecule has 0 spiro atoms. The van der Waals surface area contributed by atoms with Crippen LogP contribution in [0.1, 0.15) is 11.1 Å². The Bertz CT molecular complexity index is 765. The fraction of sp³-hybridized carbons (Fsp3) is 0.111. The number of benzene rings is 3. The molecule has 3 aromatic rings. The van der Waals surface area contributed by atoms with Crippen molar-refractivity contribution in [3.63, 3.8) is 0 Å². The highest BCUT2D eigenvalue weighted by molar-refractivity contribution is 5.88. The lowest BCUT2D eigenvalue weighted by atomic mass is 10.1. The molecule has 3 rings (SSSR count). The third-order valence-corrected chi connectivity index (χ3v) is 3.47. The number of ether oxygens (including phenoxy) is 1. The molecule has 0 atom stereocenters. The Morgan fingerprint density at radius 2 is 1.76 bits per heavy atom. The standard InChI is InChI=1S/C18H16FNO/c19-17-9-8-13(10-15(17)11-20)12-21-18-7-3-5-14-4-1-2-6-16(14)18/h1-10H,11-12,20H2. The van der Waals surface area contributed by atoms with Crippen LogP contribution in [-0.4, -0.2) is 0 Å². The number of rotatable bonds is 4. The smallest absolute Gasteiger partial charge is 0.127 e. The van der Waals surface area contributed by atoms with Crippen LogP contribution in [0.5, 0.6) is 5.75 Å². The fourth-order valence-corrected chi connectivity index (χ4v) is 2.36. The summed E-state index contributed by atoms with van der Waals surface area (Å²) in [6.07, 6.45) is 0. The first kappa shape index (κ1) is 13.6. The minimum Gasteiger partial charge on any atom is -0.488 e. The average molecular weight is 281 g/mol. The van der Waals surface area contributed by atoms with Gasteiger partial charge in [-0.25, -0.2) is 4.39 Å². The molecule has 0 aliphatic carbocycles. The molecule has 0 aliphatic rings. The summed E-state index contributed by atoms with van der Waals surface area (Å²) in [5.41, 5.74) is 6.94. The highest BCUT2D eigenvalue weighted by Gasteiger charge is 2.04. The van der Waals surface area contributed by atoms with E-state index in [-0.39, 0.29) is 12.4 Å². The van der Waals surface area contributed by atoms with E-state index >= 15 is 0 Å². The number of halogens is 1. The number of hydrogen-bond acceptors (Lipinski definition) is 2. The maximum atomic E-state index is 13.4. The van der Waals surface area contributed by atoms with Gasteiger partial charge in [-0.15, -0.1) is 0 Å². The predicted octanol–water partition coefficient (Wildman–Crippen LogP) is 4.02. The van der Waals surface area contributed by atoms with E-state index in [1.807, 2.05) is 42.5 Å². The lowest BCUT2D eigenvalue weighted by Crippen LogP contribution is -2.03. The van der Waals surface area contributed by atoms with E-state index in [0.29, 0.717) is 12.2 Å². The molecular weight excluding hydrogens is 265 g/mol. The number of fused-ring (bicyclic) bond motifs is 1. The molecule has 0 radical (unpaired) electrons. The molecule has 0 aliphatic heterocycles. The monoisotopic (exact) mass is 281 g/mol. The van der Waals surface area contributed by atoms with E-state index in [2.05, 4.69) is 0 Å². The first-order chi connectivity index (χ1) is 10.3. The zero-order valence-electron chi connectivity index (χ0n) is 11.6. The summed E-state index contributed by atoms with van der Waals surface area (Å²) in [4.78, 5) is 0. The molecule has 3 heteroatoms. The van der Waals surface area contributed by atoms with E-state index in [1.54, 1.807) is 12.1 Å². The summed E-state index contributed by atoms with van der Waals surface area (Å²) in [7, 11) is 0. The minimum atomic E-state index is -0.272. The second kappa shape index (κ2) is 5.94. The van der Waals surface area contributed by atoms with Gasteiger partial charge in [-0.2, -0.15) is 0 Å². The largest absolute Gasteiger partial charge is 0.488 e. The fourth-order valence-electron chi connectivity index (χ4n) is 2.36. The molecule has 21 heavy (non-hydrogen) atoms. The van der Waals surface area contributed by atoms with Crippen molar-refractivity contribution in [1.29, 1.82) is 0 Å². The average Bonchev–Trinajstić information content (AvgIpc) is 2.54. The van der Waals surface area contributed by atoms with Crippen LogP contribution in [0.4, 0.5) is 4.39 Å². The van der Waals surface area contributed by atoms with Gasteiger partial charge in [-0.1, -0.05) is 42.5 Å². The SMILES string of the molecule is NCc1cc(COc2cccc3ccccc23)ccc1F. The maximum Gasteiger partial charge on any atom is 0.127 e. The second-order valence-corrected chi connectivity index (χ2v) is 4.90. The molecule has 0 fully saturated rings. The summed E-state index contributed by atoms with van der Waals surface area (Å²) < 4.78 is 19.3. The Morgan fingerprint density at radius 3 is 2.62 bits per heavy atom. The quantitative estimate of drug-likeness (QED) is 0.784. The summed E-state index contributed by atoms with van der Waals surface area (Å²) in [5, 5.41) is 2.21. The van der Waals surface area contributed by atoms with Crippen molar-refractivity contribution in [1.82, 2.24) is 0 Å². The van der Waals surface area contributed by atoms with Crippen LogP contribution in [0.3, 0.4) is 0 Å². The Hall–Kier alpha value is -2.39. The van der Waals surface area contributed by atoms with Crippen molar-refractivity contribution < 1.29 is 9.13 Å². The molecule has 0 heterocycles. The van der Waals surface area contributed by atoms with Crippen molar-refractivity contribution in [2.75, 3.05) is 0 Å². The molecule has 0 amide bonds. The van der Waals surface area contributed by atoms with Crippen molar-refractivity contribution in [3.8, 4) is 5.75 Å². The Labute approximate surface area is 123 Å². The lowest BCUT2D eigenvalue weighted by molar-refractivity contribution is 0.309. The van der Waals surface area contributed by atoms with Gasteiger partial charge in [0.2, 0.25) is 0 Å². The molecule has 0 bridgehead atoms. The van der Waals surface area contributed by atoms with Gasteiger partial charge in [-0.05, 0) is 29.1 Å². The van der Waals surface area contributed by atoms with Gasteiger partial charge in [0, 0.05) is 17.5 Å². The van der Waals surface area contributed by atoms with E-state index < -0.39 is 0 Å². The van der Waals surface area contributed by atoms with Gasteiger partial charge in [0.05, 0.1) is 0 Å². The van der Waals surface area contributed by atoms with Crippen LogP contribution in [-0.2, 0) is 13.2 Å². The maximum absolute atomic E-state index is 13.4. The van der Waals surface area contributed by atoms with Crippen molar-refractivity contribution in [2.24, 2.45) is 5.73 Å². The molecule has 106 valence electrons. The Kier molecular flexibility index (Phi) is 3.84. The van der Waals surface area contributed by atoms with Crippen molar-refractivity contribution in [3.05, 3.63) is 77.6 Å². The Morgan fingerprint density at radius 1 is 0.952 bits per heavy atom. The van der Waals surface area contributed by atoms with Gasteiger partial charge in [-0.3, -0.25) is 0 Å². The molecule has 0 unspecified atom stereocenters.